The topological polar surface area (TPSA) is 12.0 Å². The molecule has 0 aliphatic heterocycles. The summed E-state index contributed by atoms with van der Waals surface area (Å²) in [6.45, 7) is 3.29. The molecule has 2 aliphatic rings. The third kappa shape index (κ3) is 2.22. The molecule has 2 fully saturated rings. The van der Waals surface area contributed by atoms with Crippen molar-refractivity contribution in [3.8, 4) is 0 Å². The van der Waals surface area contributed by atoms with Gasteiger partial charge in [0.25, 0.3) is 0 Å². The zero-order valence-corrected chi connectivity index (χ0v) is 12.7. The summed E-state index contributed by atoms with van der Waals surface area (Å²) >= 11 is 5.51. The summed E-state index contributed by atoms with van der Waals surface area (Å²) in [5.74, 6) is 2.93. The molecule has 3 unspecified atom stereocenters. The van der Waals surface area contributed by atoms with Gasteiger partial charge >= 0.3 is 0 Å². The summed E-state index contributed by atoms with van der Waals surface area (Å²) in [6.07, 6.45) is 5.86. The number of nitrogens with one attached hydrogen (secondary N) is 1. The fourth-order valence-corrected chi connectivity index (χ4v) is 5.31. The molecule has 3 atom stereocenters. The number of fused-ring (bicyclic) bond motifs is 1. The Morgan fingerprint density at radius 3 is 2.59 bits per heavy atom. The van der Waals surface area contributed by atoms with Crippen LogP contribution in [0.2, 0.25) is 0 Å². The van der Waals surface area contributed by atoms with Crippen molar-refractivity contribution in [1.82, 2.24) is 5.32 Å². The first-order valence-corrected chi connectivity index (χ1v) is 8.51. The lowest BCUT2D eigenvalue weighted by Gasteiger charge is -2.18. The van der Waals surface area contributed by atoms with E-state index >= 15 is 0 Å². The Morgan fingerprint density at radius 1 is 1.35 bits per heavy atom. The maximum absolute atomic E-state index is 3.72. The molecule has 0 amide bonds. The van der Waals surface area contributed by atoms with Gasteiger partial charge in [-0.1, -0.05) is 19.8 Å². The Labute approximate surface area is 116 Å². The van der Waals surface area contributed by atoms with Gasteiger partial charge in [-0.25, -0.2) is 0 Å². The second kappa shape index (κ2) is 5.02. The molecule has 0 saturated heterocycles. The van der Waals surface area contributed by atoms with E-state index in [2.05, 4.69) is 38.9 Å². The second-order valence-corrected chi connectivity index (χ2v) is 7.00. The van der Waals surface area contributed by atoms with Crippen LogP contribution in [0.15, 0.2) is 15.2 Å². The first-order chi connectivity index (χ1) is 8.33. The Balaban J connectivity index is 1.79. The number of hydrogen-bond acceptors (Lipinski definition) is 2. The van der Waals surface area contributed by atoms with E-state index in [0.717, 1.165) is 24.3 Å². The number of thiophene rings is 1. The Kier molecular flexibility index (Phi) is 3.60. The van der Waals surface area contributed by atoms with Gasteiger partial charge in [-0.05, 0) is 64.0 Å². The number of rotatable bonds is 4. The largest absolute Gasteiger partial charge is 0.310 e. The van der Waals surface area contributed by atoms with Crippen molar-refractivity contribution in [2.75, 3.05) is 6.54 Å². The first kappa shape index (κ1) is 12.2. The van der Waals surface area contributed by atoms with Gasteiger partial charge in [0.05, 0.1) is 0 Å². The van der Waals surface area contributed by atoms with Gasteiger partial charge < -0.3 is 5.32 Å². The quantitative estimate of drug-likeness (QED) is 0.856. The fourth-order valence-electron chi connectivity index (χ4n) is 3.73. The third-order valence-corrected chi connectivity index (χ3v) is 6.26. The molecule has 2 saturated carbocycles. The predicted octanol–water partition coefficient (Wildman–Crippen LogP) is 4.60. The molecular formula is C14H20BrNS. The van der Waals surface area contributed by atoms with Crippen LogP contribution in [0.3, 0.4) is 0 Å². The van der Waals surface area contributed by atoms with E-state index < -0.39 is 0 Å². The molecule has 1 heterocycles. The van der Waals surface area contributed by atoms with Crippen molar-refractivity contribution in [2.24, 2.45) is 17.8 Å². The van der Waals surface area contributed by atoms with Crippen molar-refractivity contribution < 1.29 is 0 Å². The van der Waals surface area contributed by atoms with E-state index in [0.29, 0.717) is 6.04 Å². The van der Waals surface area contributed by atoms with E-state index in [9.17, 15) is 0 Å². The van der Waals surface area contributed by atoms with E-state index in [1.54, 1.807) is 0 Å². The molecule has 0 radical (unpaired) electrons. The lowest BCUT2D eigenvalue weighted by Crippen LogP contribution is -2.23. The second-order valence-electron chi connectivity index (χ2n) is 5.40. The van der Waals surface area contributed by atoms with E-state index in [1.807, 2.05) is 11.3 Å². The SMILES string of the molecule is CCNC(c1cscc1Br)C1C2CCCCC21. The molecule has 1 aromatic rings. The zero-order valence-electron chi connectivity index (χ0n) is 10.3. The highest BCUT2D eigenvalue weighted by Gasteiger charge is 2.54. The van der Waals surface area contributed by atoms with Crippen LogP contribution in [-0.2, 0) is 0 Å². The highest BCUT2D eigenvalue weighted by atomic mass is 79.9. The normalized spacial score (nSPS) is 33.2. The molecule has 3 heteroatoms. The lowest BCUT2D eigenvalue weighted by atomic mass is 10.0. The standard InChI is InChI=1S/C14H20BrNS/c1-2-16-14(11-7-17-8-12(11)15)13-9-5-3-4-6-10(9)13/h7-10,13-14,16H,2-6H2,1H3. The highest BCUT2D eigenvalue weighted by Crippen LogP contribution is 2.60. The molecule has 2 aliphatic carbocycles. The molecule has 1 N–H and O–H groups in total. The van der Waals surface area contributed by atoms with Gasteiger partial charge in [0.1, 0.15) is 0 Å². The third-order valence-electron chi connectivity index (χ3n) is 4.51. The van der Waals surface area contributed by atoms with Gasteiger partial charge in [0, 0.05) is 15.9 Å². The van der Waals surface area contributed by atoms with Gasteiger partial charge in [0.2, 0.25) is 0 Å². The van der Waals surface area contributed by atoms with Crippen LogP contribution in [0, 0.1) is 17.8 Å². The summed E-state index contributed by atoms with van der Waals surface area (Å²) in [4.78, 5) is 0. The monoisotopic (exact) mass is 313 g/mol. The molecule has 3 rings (SSSR count). The number of hydrogen-bond donors (Lipinski definition) is 1. The van der Waals surface area contributed by atoms with E-state index in [4.69, 9.17) is 0 Å². The van der Waals surface area contributed by atoms with Gasteiger partial charge in [-0.2, -0.15) is 11.3 Å². The van der Waals surface area contributed by atoms with Crippen LogP contribution in [0.1, 0.15) is 44.2 Å². The molecule has 1 aromatic heterocycles. The smallest absolute Gasteiger partial charge is 0.0373 e. The van der Waals surface area contributed by atoms with Crippen molar-refractivity contribution >= 4 is 27.3 Å². The van der Waals surface area contributed by atoms with Crippen LogP contribution in [-0.4, -0.2) is 6.54 Å². The minimum Gasteiger partial charge on any atom is -0.310 e. The van der Waals surface area contributed by atoms with Crippen LogP contribution < -0.4 is 5.32 Å². The average Bonchev–Trinajstić information content (AvgIpc) is 2.91. The van der Waals surface area contributed by atoms with E-state index in [-0.39, 0.29) is 0 Å². The summed E-state index contributed by atoms with van der Waals surface area (Å²) in [5, 5.41) is 8.26. The molecule has 0 aromatic carbocycles. The molecular weight excluding hydrogens is 294 g/mol. The number of halogens is 1. The van der Waals surface area contributed by atoms with Crippen LogP contribution in [0.5, 0.6) is 0 Å². The summed E-state index contributed by atoms with van der Waals surface area (Å²) < 4.78 is 1.30. The Morgan fingerprint density at radius 2 is 2.06 bits per heavy atom. The zero-order chi connectivity index (χ0) is 11.8. The predicted molar refractivity (Wildman–Crippen MR) is 77.4 cm³/mol. The molecule has 94 valence electrons. The van der Waals surface area contributed by atoms with Crippen molar-refractivity contribution in [3.05, 3.63) is 20.8 Å². The van der Waals surface area contributed by atoms with Crippen LogP contribution >= 0.6 is 27.3 Å². The van der Waals surface area contributed by atoms with Crippen molar-refractivity contribution in [2.45, 2.75) is 38.6 Å². The Hall–Kier alpha value is 0.140. The van der Waals surface area contributed by atoms with Gasteiger partial charge in [-0.15, -0.1) is 0 Å². The summed E-state index contributed by atoms with van der Waals surface area (Å²) in [7, 11) is 0. The van der Waals surface area contributed by atoms with Crippen LogP contribution in [0.25, 0.3) is 0 Å². The van der Waals surface area contributed by atoms with Crippen LogP contribution in [0.4, 0.5) is 0 Å². The summed E-state index contributed by atoms with van der Waals surface area (Å²) in [6, 6.07) is 0.591. The molecule has 0 spiro atoms. The highest BCUT2D eigenvalue weighted by molar-refractivity contribution is 9.10. The molecule has 17 heavy (non-hydrogen) atoms. The first-order valence-electron chi connectivity index (χ1n) is 6.78. The minimum atomic E-state index is 0.591. The Bertz CT molecular complexity index is 377. The van der Waals surface area contributed by atoms with Crippen molar-refractivity contribution in [1.29, 1.82) is 0 Å². The molecule has 1 nitrogen and oxygen atoms in total. The summed E-state index contributed by atoms with van der Waals surface area (Å²) in [5.41, 5.74) is 1.50. The fraction of sp³-hybridized carbons (Fsp3) is 0.714. The van der Waals surface area contributed by atoms with Gasteiger partial charge in [-0.3, -0.25) is 0 Å². The molecule has 0 bridgehead atoms. The lowest BCUT2D eigenvalue weighted by molar-refractivity contribution is 0.456. The van der Waals surface area contributed by atoms with E-state index in [1.165, 1.54) is 35.7 Å². The van der Waals surface area contributed by atoms with Crippen molar-refractivity contribution in [3.63, 3.8) is 0 Å². The maximum Gasteiger partial charge on any atom is 0.0373 e. The minimum absolute atomic E-state index is 0.591. The van der Waals surface area contributed by atoms with Gasteiger partial charge in [0.15, 0.2) is 0 Å². The average molecular weight is 314 g/mol. The maximum atomic E-state index is 3.72.